The van der Waals surface area contributed by atoms with E-state index in [2.05, 4.69) is 0 Å². The Morgan fingerprint density at radius 3 is 2.29 bits per heavy atom. The molecule has 0 atom stereocenters. The lowest BCUT2D eigenvalue weighted by molar-refractivity contribution is 0.111. The van der Waals surface area contributed by atoms with Gasteiger partial charge in [-0.1, -0.05) is 38.1 Å². The van der Waals surface area contributed by atoms with Gasteiger partial charge < -0.3 is 9.47 Å². The van der Waals surface area contributed by atoms with Crippen molar-refractivity contribution in [1.29, 1.82) is 0 Å². The molecule has 21 heavy (non-hydrogen) atoms. The Bertz CT molecular complexity index is 559. The number of carbonyl (C=O) groups is 1. The molecule has 0 amide bonds. The van der Waals surface area contributed by atoms with Crippen molar-refractivity contribution in [2.24, 2.45) is 0 Å². The highest BCUT2D eigenvalue weighted by Gasteiger charge is 2.06. The van der Waals surface area contributed by atoms with Crippen LogP contribution in [0.5, 0.6) is 11.5 Å². The number of para-hydroxylation sites is 1. The van der Waals surface area contributed by atoms with E-state index in [1.54, 1.807) is 13.2 Å². The lowest BCUT2D eigenvalue weighted by Crippen LogP contribution is -2.00. The van der Waals surface area contributed by atoms with Crippen molar-refractivity contribution in [2.45, 2.75) is 27.4 Å². The second-order valence-electron chi connectivity index (χ2n) is 4.25. The monoisotopic (exact) mass is 286 g/mol. The minimum absolute atomic E-state index is 0.426. The van der Waals surface area contributed by atoms with Crippen LogP contribution in [0.3, 0.4) is 0 Å². The average molecular weight is 286 g/mol. The topological polar surface area (TPSA) is 35.5 Å². The van der Waals surface area contributed by atoms with Crippen molar-refractivity contribution in [2.75, 3.05) is 7.11 Å². The van der Waals surface area contributed by atoms with Crippen molar-refractivity contribution in [3.05, 3.63) is 59.2 Å². The van der Waals surface area contributed by atoms with Crippen LogP contribution in [0.1, 0.15) is 35.3 Å². The maximum Gasteiger partial charge on any atom is 0.153 e. The van der Waals surface area contributed by atoms with E-state index in [1.807, 2.05) is 57.2 Å². The molecule has 0 aliphatic carbocycles. The van der Waals surface area contributed by atoms with Crippen molar-refractivity contribution >= 4 is 6.29 Å². The summed E-state index contributed by atoms with van der Waals surface area (Å²) in [6, 6.07) is 13.2. The van der Waals surface area contributed by atoms with Crippen molar-refractivity contribution in [3.63, 3.8) is 0 Å². The number of methoxy groups -OCH3 is 1. The molecule has 3 nitrogen and oxygen atoms in total. The molecular formula is C18H22O3. The van der Waals surface area contributed by atoms with Crippen molar-refractivity contribution in [1.82, 2.24) is 0 Å². The number of carbonyl (C=O) groups excluding carboxylic acids is 1. The molecule has 0 N–H and O–H groups in total. The van der Waals surface area contributed by atoms with Gasteiger partial charge in [0, 0.05) is 0 Å². The van der Waals surface area contributed by atoms with Crippen LogP contribution in [0.25, 0.3) is 0 Å². The van der Waals surface area contributed by atoms with Crippen LogP contribution >= 0.6 is 0 Å². The fourth-order valence-corrected chi connectivity index (χ4v) is 1.84. The summed E-state index contributed by atoms with van der Waals surface area (Å²) in [5.74, 6) is 1.46. The Morgan fingerprint density at radius 1 is 1.05 bits per heavy atom. The number of benzene rings is 2. The number of aryl methyl sites for hydroxylation is 1. The van der Waals surface area contributed by atoms with Gasteiger partial charge in [0.15, 0.2) is 6.29 Å². The van der Waals surface area contributed by atoms with Gasteiger partial charge in [-0.3, -0.25) is 4.79 Å². The van der Waals surface area contributed by atoms with Crippen LogP contribution in [-0.4, -0.2) is 13.4 Å². The molecule has 112 valence electrons. The van der Waals surface area contributed by atoms with E-state index < -0.39 is 0 Å². The molecule has 0 radical (unpaired) electrons. The Kier molecular flexibility index (Phi) is 7.02. The summed E-state index contributed by atoms with van der Waals surface area (Å²) in [7, 11) is 1.63. The highest BCUT2D eigenvalue weighted by molar-refractivity contribution is 5.80. The fraction of sp³-hybridized carbons (Fsp3) is 0.278. The molecular weight excluding hydrogens is 264 g/mol. The summed E-state index contributed by atoms with van der Waals surface area (Å²) >= 11 is 0. The van der Waals surface area contributed by atoms with E-state index in [-0.39, 0.29) is 0 Å². The number of hydrogen-bond donors (Lipinski definition) is 0. The van der Waals surface area contributed by atoms with Crippen LogP contribution in [-0.2, 0) is 6.61 Å². The number of rotatable bonds is 5. The summed E-state index contributed by atoms with van der Waals surface area (Å²) in [6.45, 7) is 6.35. The Balaban J connectivity index is 0.00000106. The normalized spacial score (nSPS) is 9.33. The summed E-state index contributed by atoms with van der Waals surface area (Å²) in [6.07, 6.45) is 0.816. The van der Waals surface area contributed by atoms with Gasteiger partial charge in [0.2, 0.25) is 0 Å². The van der Waals surface area contributed by atoms with E-state index in [0.29, 0.717) is 17.9 Å². The maximum absolute atomic E-state index is 11.0. The van der Waals surface area contributed by atoms with E-state index >= 15 is 0 Å². The SMILES string of the molecule is CC.COc1ccc(COc2c(C)cccc2C=O)cc1. The number of aldehydes is 1. The van der Waals surface area contributed by atoms with Crippen molar-refractivity contribution in [3.8, 4) is 11.5 Å². The average Bonchev–Trinajstić information content (AvgIpc) is 2.56. The first kappa shape index (κ1) is 16.8. The van der Waals surface area contributed by atoms with E-state index in [1.165, 1.54) is 0 Å². The zero-order chi connectivity index (χ0) is 15.7. The minimum atomic E-state index is 0.426. The van der Waals surface area contributed by atoms with Crippen molar-refractivity contribution < 1.29 is 14.3 Å². The third-order valence-electron chi connectivity index (χ3n) is 2.91. The van der Waals surface area contributed by atoms with Crippen LogP contribution in [0, 0.1) is 6.92 Å². The standard InChI is InChI=1S/C16H16O3.C2H6/c1-12-4-3-5-14(10-17)16(12)19-11-13-6-8-15(18-2)9-7-13;1-2/h3-10H,11H2,1-2H3;1-2H3. The molecule has 3 heteroatoms. The highest BCUT2D eigenvalue weighted by Crippen LogP contribution is 2.23. The Morgan fingerprint density at radius 2 is 1.71 bits per heavy atom. The molecule has 0 heterocycles. The summed E-state index contributed by atoms with van der Waals surface area (Å²) in [5.41, 5.74) is 2.56. The molecule has 0 aliphatic heterocycles. The molecule has 0 unspecified atom stereocenters. The molecule has 2 rings (SSSR count). The van der Waals surface area contributed by atoms with Gasteiger partial charge in [0.1, 0.15) is 18.1 Å². The van der Waals surface area contributed by atoms with E-state index in [4.69, 9.17) is 9.47 Å². The minimum Gasteiger partial charge on any atom is -0.497 e. The molecule has 0 fully saturated rings. The Labute approximate surface area is 126 Å². The third-order valence-corrected chi connectivity index (χ3v) is 2.91. The quantitative estimate of drug-likeness (QED) is 0.763. The van der Waals surface area contributed by atoms with Crippen LogP contribution < -0.4 is 9.47 Å². The fourth-order valence-electron chi connectivity index (χ4n) is 1.84. The molecule has 0 aromatic heterocycles. The zero-order valence-corrected chi connectivity index (χ0v) is 13.1. The van der Waals surface area contributed by atoms with Gasteiger partial charge in [-0.15, -0.1) is 0 Å². The van der Waals surface area contributed by atoms with Gasteiger partial charge in [0.05, 0.1) is 12.7 Å². The molecule has 0 spiro atoms. The van der Waals surface area contributed by atoms with Gasteiger partial charge in [-0.25, -0.2) is 0 Å². The second kappa shape index (κ2) is 8.80. The first-order chi connectivity index (χ1) is 10.2. The van der Waals surface area contributed by atoms with E-state index in [0.717, 1.165) is 23.2 Å². The van der Waals surface area contributed by atoms with E-state index in [9.17, 15) is 4.79 Å². The number of hydrogen-bond acceptors (Lipinski definition) is 3. The highest BCUT2D eigenvalue weighted by atomic mass is 16.5. The second-order valence-corrected chi connectivity index (χ2v) is 4.25. The molecule has 0 aliphatic rings. The molecule has 2 aromatic rings. The van der Waals surface area contributed by atoms with Crippen LogP contribution in [0.4, 0.5) is 0 Å². The predicted molar refractivity (Wildman–Crippen MR) is 85.2 cm³/mol. The van der Waals surface area contributed by atoms with Gasteiger partial charge >= 0.3 is 0 Å². The van der Waals surface area contributed by atoms with Gasteiger partial charge in [-0.2, -0.15) is 0 Å². The third kappa shape index (κ3) is 4.63. The molecule has 2 aromatic carbocycles. The smallest absolute Gasteiger partial charge is 0.153 e. The first-order valence-corrected chi connectivity index (χ1v) is 7.05. The lowest BCUT2D eigenvalue weighted by Gasteiger charge is -2.11. The lowest BCUT2D eigenvalue weighted by atomic mass is 10.1. The Hall–Kier alpha value is -2.29. The van der Waals surface area contributed by atoms with Crippen LogP contribution in [0.15, 0.2) is 42.5 Å². The number of ether oxygens (including phenoxy) is 2. The van der Waals surface area contributed by atoms with Crippen LogP contribution in [0.2, 0.25) is 0 Å². The molecule has 0 saturated carbocycles. The molecule has 0 bridgehead atoms. The van der Waals surface area contributed by atoms with Gasteiger partial charge in [-0.05, 0) is 36.2 Å². The summed E-state index contributed by atoms with van der Waals surface area (Å²) in [4.78, 5) is 11.0. The summed E-state index contributed by atoms with van der Waals surface area (Å²) in [5, 5.41) is 0. The summed E-state index contributed by atoms with van der Waals surface area (Å²) < 4.78 is 10.8. The largest absolute Gasteiger partial charge is 0.497 e. The molecule has 0 saturated heterocycles. The predicted octanol–water partition coefficient (Wildman–Crippen LogP) is 4.42. The zero-order valence-electron chi connectivity index (χ0n) is 13.1. The first-order valence-electron chi connectivity index (χ1n) is 7.05. The van der Waals surface area contributed by atoms with Gasteiger partial charge in [0.25, 0.3) is 0 Å². The maximum atomic E-state index is 11.0.